The Kier molecular flexibility index (Phi) is 6.29. The molecule has 0 aromatic carbocycles. The lowest BCUT2D eigenvalue weighted by Crippen LogP contribution is -2.31. The molecule has 1 aromatic rings. The van der Waals surface area contributed by atoms with E-state index in [0.717, 1.165) is 43.6 Å². The summed E-state index contributed by atoms with van der Waals surface area (Å²) in [6, 6.07) is 2.18. The van der Waals surface area contributed by atoms with E-state index in [-0.39, 0.29) is 12.1 Å². The van der Waals surface area contributed by atoms with Crippen molar-refractivity contribution in [2.75, 3.05) is 19.8 Å². The van der Waals surface area contributed by atoms with E-state index in [4.69, 9.17) is 15.2 Å². The van der Waals surface area contributed by atoms with Crippen molar-refractivity contribution in [3.8, 4) is 0 Å². The summed E-state index contributed by atoms with van der Waals surface area (Å²) >= 11 is 5.21. The lowest BCUT2D eigenvalue weighted by atomic mass is 10.0. The van der Waals surface area contributed by atoms with Crippen molar-refractivity contribution in [1.82, 2.24) is 0 Å². The molecule has 1 aromatic heterocycles. The Labute approximate surface area is 127 Å². The predicted octanol–water partition coefficient (Wildman–Crippen LogP) is 3.73. The second-order valence-corrected chi connectivity index (χ2v) is 6.91. The number of hydrogen-bond donors (Lipinski definition) is 1. The summed E-state index contributed by atoms with van der Waals surface area (Å²) in [5, 5.41) is 2.09. The highest BCUT2D eigenvalue weighted by Gasteiger charge is 2.23. The van der Waals surface area contributed by atoms with E-state index in [1.807, 2.05) is 0 Å². The molecule has 108 valence electrons. The Morgan fingerprint density at radius 3 is 2.84 bits per heavy atom. The van der Waals surface area contributed by atoms with Crippen LogP contribution in [0.15, 0.2) is 15.9 Å². The smallest absolute Gasteiger partial charge is 0.107 e. The first-order chi connectivity index (χ1) is 9.20. The van der Waals surface area contributed by atoms with Crippen LogP contribution in [0.2, 0.25) is 0 Å². The lowest BCUT2D eigenvalue weighted by molar-refractivity contribution is -0.0198. The van der Waals surface area contributed by atoms with Crippen molar-refractivity contribution in [3.05, 3.63) is 20.8 Å². The number of hydrogen-bond acceptors (Lipinski definition) is 4. The fourth-order valence-electron chi connectivity index (χ4n) is 2.26. The average molecular weight is 348 g/mol. The third kappa shape index (κ3) is 4.53. The summed E-state index contributed by atoms with van der Waals surface area (Å²) in [5.41, 5.74) is 6.22. The third-order valence-electron chi connectivity index (χ3n) is 3.58. The second-order valence-electron chi connectivity index (χ2n) is 5.05. The summed E-state index contributed by atoms with van der Waals surface area (Å²) in [5.74, 6) is 0.615. The summed E-state index contributed by atoms with van der Waals surface area (Å²) in [4.78, 5) is 1.22. The van der Waals surface area contributed by atoms with Crippen molar-refractivity contribution in [3.63, 3.8) is 0 Å². The molecule has 0 saturated carbocycles. The molecule has 2 atom stereocenters. The maximum absolute atomic E-state index is 6.22. The van der Waals surface area contributed by atoms with Gasteiger partial charge in [-0.3, -0.25) is 0 Å². The molecule has 2 rings (SSSR count). The molecule has 3 nitrogen and oxygen atoms in total. The van der Waals surface area contributed by atoms with Gasteiger partial charge in [-0.15, -0.1) is 11.3 Å². The molecule has 1 aliphatic heterocycles. The molecule has 0 radical (unpaired) electrons. The number of rotatable bonds is 6. The molecule has 0 spiro atoms. The number of ether oxygens (including phenoxy) is 2. The molecular weight excluding hydrogens is 326 g/mol. The molecular formula is C14H22BrNO2S. The van der Waals surface area contributed by atoms with Crippen LogP contribution >= 0.6 is 27.3 Å². The predicted molar refractivity (Wildman–Crippen MR) is 82.5 cm³/mol. The van der Waals surface area contributed by atoms with Crippen LogP contribution in [-0.4, -0.2) is 25.9 Å². The van der Waals surface area contributed by atoms with Gasteiger partial charge in [0.15, 0.2) is 0 Å². The molecule has 19 heavy (non-hydrogen) atoms. The minimum Gasteiger partial charge on any atom is -0.381 e. The third-order valence-corrected chi connectivity index (χ3v) is 5.34. The van der Waals surface area contributed by atoms with Gasteiger partial charge in [0.2, 0.25) is 0 Å². The summed E-state index contributed by atoms with van der Waals surface area (Å²) < 4.78 is 12.6. The highest BCUT2D eigenvalue weighted by atomic mass is 79.9. The quantitative estimate of drug-likeness (QED) is 0.852. The standard InChI is InChI=1S/C14H22BrNO2S/c1-2-12(16)14(13-7-11(15)9-19-13)18-8-10-3-5-17-6-4-10/h7,9-10,12,14H,2-6,8,16H2,1H3. The minimum atomic E-state index is 0.0177. The van der Waals surface area contributed by atoms with Gasteiger partial charge < -0.3 is 15.2 Å². The van der Waals surface area contributed by atoms with Crippen LogP contribution in [0.5, 0.6) is 0 Å². The Balaban J connectivity index is 1.93. The van der Waals surface area contributed by atoms with Gasteiger partial charge in [0.05, 0.1) is 6.61 Å². The monoisotopic (exact) mass is 347 g/mol. The Bertz CT molecular complexity index is 379. The number of nitrogens with two attached hydrogens (primary N) is 1. The number of halogens is 1. The van der Waals surface area contributed by atoms with Crippen LogP contribution < -0.4 is 5.73 Å². The van der Waals surface area contributed by atoms with Crippen molar-refractivity contribution in [2.24, 2.45) is 11.7 Å². The van der Waals surface area contributed by atoms with E-state index in [0.29, 0.717) is 5.92 Å². The fourth-order valence-corrected chi connectivity index (χ4v) is 3.83. The molecule has 5 heteroatoms. The van der Waals surface area contributed by atoms with E-state index in [1.54, 1.807) is 11.3 Å². The highest BCUT2D eigenvalue weighted by molar-refractivity contribution is 9.10. The maximum atomic E-state index is 6.22. The molecule has 2 N–H and O–H groups in total. The topological polar surface area (TPSA) is 44.5 Å². The largest absolute Gasteiger partial charge is 0.381 e. The van der Waals surface area contributed by atoms with Gasteiger partial charge in [-0.1, -0.05) is 6.92 Å². The SMILES string of the molecule is CCC(N)C(OCC1CCOCC1)c1cc(Br)cs1. The molecule has 1 fully saturated rings. The Hall–Kier alpha value is 0.0600. The first-order valence-corrected chi connectivity index (χ1v) is 8.56. The summed E-state index contributed by atoms with van der Waals surface area (Å²) in [6.45, 7) is 4.63. The second kappa shape index (κ2) is 7.74. The molecule has 0 aliphatic carbocycles. The van der Waals surface area contributed by atoms with E-state index in [9.17, 15) is 0 Å². The van der Waals surface area contributed by atoms with Gasteiger partial charge in [-0.2, -0.15) is 0 Å². The van der Waals surface area contributed by atoms with Crippen molar-refractivity contribution >= 4 is 27.3 Å². The van der Waals surface area contributed by atoms with Gasteiger partial charge >= 0.3 is 0 Å². The normalized spacial score (nSPS) is 20.4. The molecule has 1 saturated heterocycles. The minimum absolute atomic E-state index is 0.0177. The van der Waals surface area contributed by atoms with Gasteiger partial charge in [0.1, 0.15) is 6.10 Å². The van der Waals surface area contributed by atoms with E-state index >= 15 is 0 Å². The Morgan fingerprint density at radius 1 is 1.53 bits per heavy atom. The zero-order valence-corrected chi connectivity index (χ0v) is 13.7. The van der Waals surface area contributed by atoms with Gasteiger partial charge in [0.25, 0.3) is 0 Å². The molecule has 2 heterocycles. The first kappa shape index (κ1) is 15.4. The average Bonchev–Trinajstić information content (AvgIpc) is 2.86. The Morgan fingerprint density at radius 2 is 2.26 bits per heavy atom. The van der Waals surface area contributed by atoms with Gasteiger partial charge in [-0.25, -0.2) is 0 Å². The van der Waals surface area contributed by atoms with Crippen LogP contribution in [0, 0.1) is 5.92 Å². The van der Waals surface area contributed by atoms with Crippen molar-refractivity contribution < 1.29 is 9.47 Å². The van der Waals surface area contributed by atoms with Crippen LogP contribution in [0.25, 0.3) is 0 Å². The zero-order chi connectivity index (χ0) is 13.7. The number of thiophene rings is 1. The van der Waals surface area contributed by atoms with E-state index in [2.05, 4.69) is 34.3 Å². The highest BCUT2D eigenvalue weighted by Crippen LogP contribution is 2.31. The molecule has 2 unspecified atom stereocenters. The maximum Gasteiger partial charge on any atom is 0.107 e. The first-order valence-electron chi connectivity index (χ1n) is 6.89. The van der Waals surface area contributed by atoms with Crippen molar-refractivity contribution in [2.45, 2.75) is 38.3 Å². The zero-order valence-electron chi connectivity index (χ0n) is 11.3. The van der Waals surface area contributed by atoms with Gasteiger partial charge in [0, 0.05) is 34.0 Å². The van der Waals surface area contributed by atoms with Crippen LogP contribution in [0.4, 0.5) is 0 Å². The van der Waals surface area contributed by atoms with E-state index < -0.39 is 0 Å². The molecule has 0 amide bonds. The fraction of sp³-hybridized carbons (Fsp3) is 0.714. The molecule has 1 aliphatic rings. The van der Waals surface area contributed by atoms with Crippen LogP contribution in [-0.2, 0) is 9.47 Å². The summed E-state index contributed by atoms with van der Waals surface area (Å²) in [7, 11) is 0. The van der Waals surface area contributed by atoms with E-state index in [1.165, 1.54) is 4.88 Å². The molecule has 0 bridgehead atoms. The lowest BCUT2D eigenvalue weighted by Gasteiger charge is -2.27. The summed E-state index contributed by atoms with van der Waals surface area (Å²) in [6.07, 6.45) is 3.14. The van der Waals surface area contributed by atoms with Crippen molar-refractivity contribution in [1.29, 1.82) is 0 Å². The van der Waals surface area contributed by atoms with Crippen LogP contribution in [0.3, 0.4) is 0 Å². The van der Waals surface area contributed by atoms with Gasteiger partial charge in [-0.05, 0) is 47.2 Å². The van der Waals surface area contributed by atoms with Crippen LogP contribution in [0.1, 0.15) is 37.2 Å².